The number of amides is 1. The highest BCUT2D eigenvalue weighted by Crippen LogP contribution is 2.37. The lowest BCUT2D eigenvalue weighted by atomic mass is 9.85. The number of hydrogen-bond donors (Lipinski definition) is 2. The van der Waals surface area contributed by atoms with Crippen molar-refractivity contribution in [1.82, 2.24) is 10.0 Å². The Morgan fingerprint density at radius 2 is 2.00 bits per heavy atom. The number of benzene rings is 1. The number of alkyl halides is 3. The van der Waals surface area contributed by atoms with E-state index in [1.54, 1.807) is 18.2 Å². The third-order valence-electron chi connectivity index (χ3n) is 4.77. The second-order valence-corrected chi connectivity index (χ2v) is 8.40. The van der Waals surface area contributed by atoms with Gasteiger partial charge in [0.1, 0.15) is 5.84 Å². The van der Waals surface area contributed by atoms with Gasteiger partial charge < -0.3 is 5.32 Å². The van der Waals surface area contributed by atoms with Crippen LogP contribution in [0.15, 0.2) is 34.2 Å². The van der Waals surface area contributed by atoms with Crippen molar-refractivity contribution >= 4 is 21.8 Å². The summed E-state index contributed by atoms with van der Waals surface area (Å²) in [6, 6.07) is 5.88. The van der Waals surface area contributed by atoms with Gasteiger partial charge in [-0.1, -0.05) is 18.6 Å². The maximum atomic E-state index is 12.8. The quantitative estimate of drug-likeness (QED) is 0.809. The Morgan fingerprint density at radius 1 is 1.26 bits per heavy atom. The third kappa shape index (κ3) is 4.60. The van der Waals surface area contributed by atoms with E-state index >= 15 is 0 Å². The normalized spacial score (nSPS) is 25.7. The number of nitrogens with zero attached hydrogens (tertiary/aromatic N) is 1. The number of nitrogens with one attached hydrogen (secondary N) is 2. The number of aliphatic imine (C=N–C) groups is 1. The summed E-state index contributed by atoms with van der Waals surface area (Å²) in [6.07, 6.45) is -3.31. The Labute approximate surface area is 155 Å². The molecule has 1 fully saturated rings. The van der Waals surface area contributed by atoms with Gasteiger partial charge in [0, 0.05) is 18.0 Å². The maximum Gasteiger partial charge on any atom is 0.391 e. The molecule has 2 unspecified atom stereocenters. The molecule has 1 aromatic rings. The molecular weight excluding hydrogens is 383 g/mol. The van der Waals surface area contributed by atoms with Gasteiger partial charge in [-0.25, -0.2) is 8.42 Å². The van der Waals surface area contributed by atoms with Crippen molar-refractivity contribution in [2.45, 2.75) is 49.2 Å². The third-order valence-corrected chi connectivity index (χ3v) is 6.17. The van der Waals surface area contributed by atoms with Crippen LogP contribution in [0, 0.1) is 5.92 Å². The van der Waals surface area contributed by atoms with Crippen molar-refractivity contribution in [3.05, 3.63) is 29.8 Å². The second kappa shape index (κ2) is 7.49. The minimum atomic E-state index is -4.23. The monoisotopic (exact) mass is 403 g/mol. The van der Waals surface area contributed by atoms with Crippen LogP contribution in [0.3, 0.4) is 0 Å². The Balaban J connectivity index is 1.54. The van der Waals surface area contributed by atoms with E-state index in [1.165, 1.54) is 6.07 Å². The summed E-state index contributed by atoms with van der Waals surface area (Å²) >= 11 is 0. The van der Waals surface area contributed by atoms with Gasteiger partial charge in [-0.05, 0) is 31.4 Å². The molecule has 0 radical (unpaired) electrons. The Morgan fingerprint density at radius 3 is 2.74 bits per heavy atom. The van der Waals surface area contributed by atoms with Gasteiger partial charge in [0.2, 0.25) is 5.91 Å². The highest BCUT2D eigenvalue weighted by Gasteiger charge is 2.42. The summed E-state index contributed by atoms with van der Waals surface area (Å²) in [6.45, 7) is 0.0352. The zero-order chi connectivity index (χ0) is 19.7. The first-order valence-electron chi connectivity index (χ1n) is 8.69. The molecule has 0 spiro atoms. The van der Waals surface area contributed by atoms with Gasteiger partial charge >= 0.3 is 6.18 Å². The molecule has 1 aliphatic heterocycles. The van der Waals surface area contributed by atoms with E-state index in [0.29, 0.717) is 18.4 Å². The molecule has 1 amide bonds. The van der Waals surface area contributed by atoms with Gasteiger partial charge in [-0.2, -0.15) is 13.2 Å². The number of sulfonamides is 1. The number of hydrogen-bond acceptors (Lipinski definition) is 4. The first-order valence-corrected chi connectivity index (χ1v) is 10.2. The standard InChI is InChI=1S/C17H20F3N3O3S/c18-17(19,20)11-4-3-5-12(10-11)22-15(24)8-9-21-16-13-6-1-2-7-14(13)27(25,26)23-16/h1-2,6-7,11-12H,3-5,8-10H2,(H,21,23)(H,22,24). The molecule has 27 heavy (non-hydrogen) atoms. The molecule has 3 rings (SSSR count). The Bertz CT molecular complexity index is 852. The van der Waals surface area contributed by atoms with E-state index in [9.17, 15) is 26.4 Å². The number of carbonyl (C=O) groups is 1. The van der Waals surface area contributed by atoms with Gasteiger partial charge in [-0.3, -0.25) is 14.5 Å². The van der Waals surface area contributed by atoms with Crippen LogP contribution in [-0.2, 0) is 14.8 Å². The van der Waals surface area contributed by atoms with E-state index in [4.69, 9.17) is 0 Å². The second-order valence-electron chi connectivity index (χ2n) is 6.75. The minimum Gasteiger partial charge on any atom is -0.353 e. The molecule has 2 atom stereocenters. The van der Waals surface area contributed by atoms with Crippen LogP contribution in [0.4, 0.5) is 13.2 Å². The van der Waals surface area contributed by atoms with Crippen LogP contribution in [0.5, 0.6) is 0 Å². The number of fused-ring (bicyclic) bond motifs is 1. The fourth-order valence-electron chi connectivity index (χ4n) is 3.44. The molecule has 1 heterocycles. The fraction of sp³-hybridized carbons (Fsp3) is 0.529. The van der Waals surface area contributed by atoms with Gasteiger partial charge in [0.05, 0.1) is 17.4 Å². The molecule has 2 aliphatic rings. The summed E-state index contributed by atoms with van der Waals surface area (Å²) in [5, 5.41) is 2.63. The van der Waals surface area contributed by atoms with E-state index < -0.39 is 28.2 Å². The molecule has 10 heteroatoms. The van der Waals surface area contributed by atoms with Crippen LogP contribution in [0.2, 0.25) is 0 Å². The summed E-state index contributed by atoms with van der Waals surface area (Å²) in [4.78, 5) is 16.3. The predicted molar refractivity (Wildman–Crippen MR) is 92.7 cm³/mol. The summed E-state index contributed by atoms with van der Waals surface area (Å²) in [5.41, 5.74) is 0.443. The molecular formula is C17H20F3N3O3S. The lowest BCUT2D eigenvalue weighted by Gasteiger charge is -2.31. The van der Waals surface area contributed by atoms with Crippen LogP contribution in [0.1, 0.15) is 37.7 Å². The zero-order valence-electron chi connectivity index (χ0n) is 14.4. The number of carbonyl (C=O) groups excluding carboxylic acids is 1. The highest BCUT2D eigenvalue weighted by atomic mass is 32.2. The minimum absolute atomic E-state index is 0.0272. The molecule has 2 N–H and O–H groups in total. The van der Waals surface area contributed by atoms with Crippen LogP contribution < -0.4 is 10.0 Å². The van der Waals surface area contributed by atoms with Crippen molar-refractivity contribution in [1.29, 1.82) is 0 Å². The zero-order valence-corrected chi connectivity index (χ0v) is 15.2. The highest BCUT2D eigenvalue weighted by molar-refractivity contribution is 7.90. The van der Waals surface area contributed by atoms with Crippen molar-refractivity contribution in [3.8, 4) is 0 Å². The summed E-state index contributed by atoms with van der Waals surface area (Å²) in [7, 11) is -3.64. The van der Waals surface area contributed by atoms with Crippen LogP contribution >= 0.6 is 0 Å². The van der Waals surface area contributed by atoms with E-state index in [-0.39, 0.29) is 42.4 Å². The number of halogens is 3. The summed E-state index contributed by atoms with van der Waals surface area (Å²) < 4.78 is 64.8. The SMILES string of the molecule is O=C(CCN=C1NS(=O)(=O)c2ccccc21)NC1CCCC(C(F)(F)F)C1. The van der Waals surface area contributed by atoms with Crippen molar-refractivity contribution in [2.24, 2.45) is 10.9 Å². The van der Waals surface area contributed by atoms with Crippen molar-refractivity contribution < 1.29 is 26.4 Å². The van der Waals surface area contributed by atoms with Gasteiger partial charge in [-0.15, -0.1) is 0 Å². The Kier molecular flexibility index (Phi) is 5.45. The molecule has 1 aliphatic carbocycles. The number of rotatable bonds is 4. The topological polar surface area (TPSA) is 87.6 Å². The van der Waals surface area contributed by atoms with E-state index in [1.807, 2.05) is 0 Å². The molecule has 6 nitrogen and oxygen atoms in total. The fourth-order valence-corrected chi connectivity index (χ4v) is 4.69. The van der Waals surface area contributed by atoms with Gasteiger partial charge in [0.25, 0.3) is 10.0 Å². The molecule has 1 saturated carbocycles. The average Bonchev–Trinajstić information content (AvgIpc) is 2.86. The Hall–Kier alpha value is -2.10. The largest absolute Gasteiger partial charge is 0.391 e. The van der Waals surface area contributed by atoms with Crippen molar-refractivity contribution in [2.75, 3.05) is 6.54 Å². The predicted octanol–water partition coefficient (Wildman–Crippen LogP) is 2.35. The number of amidine groups is 1. The molecule has 0 saturated heterocycles. The van der Waals surface area contributed by atoms with E-state index in [0.717, 1.165) is 0 Å². The summed E-state index contributed by atoms with van der Waals surface area (Å²) in [5.74, 6) is -1.59. The molecule has 0 bridgehead atoms. The smallest absolute Gasteiger partial charge is 0.353 e. The van der Waals surface area contributed by atoms with Crippen LogP contribution in [0.25, 0.3) is 0 Å². The van der Waals surface area contributed by atoms with Gasteiger partial charge in [0.15, 0.2) is 0 Å². The van der Waals surface area contributed by atoms with E-state index in [2.05, 4.69) is 15.0 Å². The molecule has 1 aromatic carbocycles. The first kappa shape index (κ1) is 19.7. The first-order chi connectivity index (χ1) is 12.7. The lowest BCUT2D eigenvalue weighted by Crippen LogP contribution is -2.41. The average molecular weight is 403 g/mol. The lowest BCUT2D eigenvalue weighted by molar-refractivity contribution is -0.184. The van der Waals surface area contributed by atoms with Crippen molar-refractivity contribution in [3.63, 3.8) is 0 Å². The molecule has 0 aromatic heterocycles. The maximum absolute atomic E-state index is 12.8. The molecule has 148 valence electrons. The van der Waals surface area contributed by atoms with Crippen LogP contribution in [-0.4, -0.2) is 38.9 Å².